The molecule has 0 amide bonds. The van der Waals surface area contributed by atoms with Gasteiger partial charge in [-0.2, -0.15) is 0 Å². The number of rotatable bonds is 6. The molecule has 0 spiro atoms. The van der Waals surface area contributed by atoms with Crippen molar-refractivity contribution >= 4 is 26.0 Å². The monoisotopic (exact) mass is 269 g/mol. The summed E-state index contributed by atoms with van der Waals surface area (Å²) in [4.78, 5) is 0.470. The third-order valence-corrected chi connectivity index (χ3v) is 4.46. The second-order valence-corrected chi connectivity index (χ2v) is 7.17. The van der Waals surface area contributed by atoms with Gasteiger partial charge in [0.05, 0.1) is 5.25 Å². The van der Waals surface area contributed by atoms with E-state index >= 15 is 0 Å². The second-order valence-electron chi connectivity index (χ2n) is 3.56. The maximum Gasteiger partial charge on any atom is 0.214 e. The number of nitrogens with one attached hydrogen (secondary N) is 1. The van der Waals surface area contributed by atoms with Crippen molar-refractivity contribution in [1.29, 1.82) is 0 Å². The molecule has 1 saturated carbocycles. The van der Waals surface area contributed by atoms with E-state index in [1.807, 2.05) is 0 Å². The van der Waals surface area contributed by atoms with E-state index < -0.39 is 10.0 Å². The smallest absolute Gasteiger partial charge is 0.214 e. The van der Waals surface area contributed by atoms with Gasteiger partial charge in [0, 0.05) is 11.4 Å². The molecule has 0 heterocycles. The zero-order chi connectivity index (χ0) is 9.90. The van der Waals surface area contributed by atoms with Crippen LogP contribution in [-0.2, 0) is 10.0 Å². The second kappa shape index (κ2) is 4.75. The average Bonchev–Trinajstić information content (AvgIpc) is 2.79. The quantitative estimate of drug-likeness (QED) is 0.589. The van der Waals surface area contributed by atoms with Crippen LogP contribution in [0.15, 0.2) is 0 Å². The van der Waals surface area contributed by atoms with Crippen LogP contribution in [0.2, 0.25) is 0 Å². The zero-order valence-corrected chi connectivity index (χ0v) is 10.2. The maximum absolute atomic E-state index is 11.3. The largest absolute Gasteiger partial charge is 0.215 e. The average molecular weight is 270 g/mol. The fourth-order valence-corrected chi connectivity index (χ4v) is 2.84. The molecule has 1 rings (SSSR count). The Morgan fingerprint density at radius 1 is 1.54 bits per heavy atom. The lowest BCUT2D eigenvalue weighted by atomic mass is 10.2. The summed E-state index contributed by atoms with van der Waals surface area (Å²) in [7, 11) is -2.95. The Bertz CT molecular complexity index is 247. The molecular formula is C8H16BrNO2S. The molecule has 1 fully saturated rings. The molecule has 0 aromatic heterocycles. The lowest BCUT2D eigenvalue weighted by Crippen LogP contribution is -2.28. The van der Waals surface area contributed by atoms with E-state index in [4.69, 9.17) is 0 Å². The molecule has 1 unspecified atom stereocenters. The zero-order valence-electron chi connectivity index (χ0n) is 7.79. The topological polar surface area (TPSA) is 46.2 Å². The van der Waals surface area contributed by atoms with Crippen LogP contribution in [0.3, 0.4) is 0 Å². The van der Waals surface area contributed by atoms with Gasteiger partial charge in [0.15, 0.2) is 0 Å². The summed E-state index contributed by atoms with van der Waals surface area (Å²) in [6.07, 6.45) is 3.58. The fraction of sp³-hybridized carbons (Fsp3) is 1.00. The first-order valence-electron chi connectivity index (χ1n) is 4.65. The first-order chi connectivity index (χ1) is 6.02. The Morgan fingerprint density at radius 3 is 2.62 bits per heavy atom. The summed E-state index contributed by atoms with van der Waals surface area (Å²) < 4.78 is 25.3. The van der Waals surface area contributed by atoms with Gasteiger partial charge in [0.2, 0.25) is 10.0 Å². The van der Waals surface area contributed by atoms with Gasteiger partial charge >= 0.3 is 0 Å². The van der Waals surface area contributed by atoms with Crippen molar-refractivity contribution < 1.29 is 8.42 Å². The Labute approximate surface area is 88.5 Å². The lowest BCUT2D eigenvalue weighted by molar-refractivity contribution is 0.575. The highest BCUT2D eigenvalue weighted by molar-refractivity contribution is 9.09. The Balaban J connectivity index is 2.11. The molecule has 0 aliphatic heterocycles. The Hall–Kier alpha value is 0.390. The van der Waals surface area contributed by atoms with Gasteiger partial charge in [-0.25, -0.2) is 13.1 Å². The summed E-state index contributed by atoms with van der Waals surface area (Å²) >= 11 is 3.42. The van der Waals surface area contributed by atoms with Crippen molar-refractivity contribution in [3.63, 3.8) is 0 Å². The summed E-state index contributed by atoms with van der Waals surface area (Å²) in [6, 6.07) is 0. The van der Waals surface area contributed by atoms with Crippen LogP contribution in [0.5, 0.6) is 0 Å². The van der Waals surface area contributed by atoms with Crippen molar-refractivity contribution in [2.75, 3.05) is 6.54 Å². The van der Waals surface area contributed by atoms with E-state index in [1.165, 1.54) is 0 Å². The maximum atomic E-state index is 11.3. The van der Waals surface area contributed by atoms with E-state index in [0.717, 1.165) is 25.7 Å². The lowest BCUT2D eigenvalue weighted by Gasteiger charge is -2.05. The minimum absolute atomic E-state index is 0.0890. The molecular weight excluding hydrogens is 254 g/mol. The standard InChI is InChI=1S/C8H16BrNO2S/c1-7(9)3-2-6-10-13(11,12)8-4-5-8/h7-8,10H,2-6H2,1H3. The number of hydrogen-bond acceptors (Lipinski definition) is 2. The van der Waals surface area contributed by atoms with Crippen molar-refractivity contribution in [2.45, 2.75) is 42.7 Å². The summed E-state index contributed by atoms with van der Waals surface area (Å²) in [6.45, 7) is 2.64. The highest BCUT2D eigenvalue weighted by Crippen LogP contribution is 2.27. The molecule has 0 aromatic carbocycles. The molecule has 5 heteroatoms. The van der Waals surface area contributed by atoms with Crippen molar-refractivity contribution in [3.05, 3.63) is 0 Å². The Morgan fingerprint density at radius 2 is 2.15 bits per heavy atom. The van der Waals surface area contributed by atoms with Gasteiger partial charge in [-0.05, 0) is 25.7 Å². The number of hydrogen-bond donors (Lipinski definition) is 1. The molecule has 0 aromatic rings. The van der Waals surface area contributed by atoms with Gasteiger partial charge < -0.3 is 0 Å². The first-order valence-corrected chi connectivity index (χ1v) is 7.11. The van der Waals surface area contributed by atoms with Crippen molar-refractivity contribution in [2.24, 2.45) is 0 Å². The van der Waals surface area contributed by atoms with Gasteiger partial charge in [-0.1, -0.05) is 22.9 Å². The van der Waals surface area contributed by atoms with Crippen molar-refractivity contribution in [1.82, 2.24) is 4.72 Å². The molecule has 0 radical (unpaired) electrons. The van der Waals surface area contributed by atoms with E-state index in [9.17, 15) is 8.42 Å². The summed E-state index contributed by atoms with van der Waals surface area (Å²) in [5.41, 5.74) is 0. The predicted octanol–water partition coefficient (Wildman–Crippen LogP) is 1.63. The van der Waals surface area contributed by atoms with Gasteiger partial charge in [-0.3, -0.25) is 0 Å². The third-order valence-electron chi connectivity index (χ3n) is 2.05. The SMILES string of the molecule is CC(Br)CCCNS(=O)(=O)C1CC1. The molecule has 13 heavy (non-hydrogen) atoms. The molecule has 1 aliphatic rings. The van der Waals surface area contributed by atoms with Crippen LogP contribution < -0.4 is 4.72 Å². The number of sulfonamides is 1. The fourth-order valence-electron chi connectivity index (χ4n) is 1.09. The van der Waals surface area contributed by atoms with Gasteiger partial charge in [0.25, 0.3) is 0 Å². The summed E-state index contributed by atoms with van der Waals surface area (Å²) in [5, 5.41) is -0.0890. The molecule has 1 N–H and O–H groups in total. The van der Waals surface area contributed by atoms with E-state index in [-0.39, 0.29) is 5.25 Å². The number of halogens is 1. The molecule has 0 bridgehead atoms. The van der Waals surface area contributed by atoms with E-state index in [1.54, 1.807) is 0 Å². The highest BCUT2D eigenvalue weighted by Gasteiger charge is 2.34. The highest BCUT2D eigenvalue weighted by atomic mass is 79.9. The number of alkyl halides is 1. The van der Waals surface area contributed by atoms with Crippen LogP contribution >= 0.6 is 15.9 Å². The van der Waals surface area contributed by atoms with Crippen LogP contribution in [-0.4, -0.2) is 25.0 Å². The molecule has 1 atom stereocenters. The molecule has 78 valence electrons. The van der Waals surface area contributed by atoms with Crippen LogP contribution in [0.25, 0.3) is 0 Å². The van der Waals surface area contributed by atoms with Gasteiger partial charge in [-0.15, -0.1) is 0 Å². The predicted molar refractivity (Wildman–Crippen MR) is 57.6 cm³/mol. The molecule has 0 saturated heterocycles. The summed E-state index contributed by atoms with van der Waals surface area (Å²) in [5.74, 6) is 0. The van der Waals surface area contributed by atoms with E-state index in [0.29, 0.717) is 11.4 Å². The van der Waals surface area contributed by atoms with Crippen molar-refractivity contribution in [3.8, 4) is 0 Å². The molecule has 1 aliphatic carbocycles. The Kier molecular flexibility index (Phi) is 4.19. The first kappa shape index (κ1) is 11.5. The minimum Gasteiger partial charge on any atom is -0.215 e. The normalized spacial score (nSPS) is 20.2. The van der Waals surface area contributed by atoms with E-state index in [2.05, 4.69) is 27.6 Å². The molecule has 3 nitrogen and oxygen atoms in total. The van der Waals surface area contributed by atoms with Crippen LogP contribution in [0.1, 0.15) is 32.6 Å². The minimum atomic E-state index is -2.95. The van der Waals surface area contributed by atoms with Gasteiger partial charge in [0.1, 0.15) is 0 Å². The van der Waals surface area contributed by atoms with Crippen LogP contribution in [0, 0.1) is 0 Å². The third kappa shape index (κ3) is 4.42. The van der Waals surface area contributed by atoms with Crippen LogP contribution in [0.4, 0.5) is 0 Å².